The molecule has 7 nitrogen and oxygen atoms in total. The van der Waals surface area contributed by atoms with Crippen LogP contribution in [0.25, 0.3) is 0 Å². The number of nitrogens with zero attached hydrogens (tertiary/aromatic N) is 2. The minimum Gasteiger partial charge on any atom is -0.496 e. The van der Waals surface area contributed by atoms with Gasteiger partial charge in [-0.2, -0.15) is 4.31 Å². The fourth-order valence-corrected chi connectivity index (χ4v) is 2.96. The Kier molecular flexibility index (Phi) is 6.49. The Balaban J connectivity index is 2.04. The Labute approximate surface area is 147 Å². The number of ether oxygens (including phenoxy) is 1. The molecule has 0 atom stereocenters. The molecule has 1 N–H and O–H groups in total. The van der Waals surface area contributed by atoms with Crippen LogP contribution in [0.15, 0.2) is 48.8 Å². The summed E-state index contributed by atoms with van der Waals surface area (Å²) in [5.41, 5.74) is 1.58. The lowest BCUT2D eigenvalue weighted by Gasteiger charge is -2.20. The summed E-state index contributed by atoms with van der Waals surface area (Å²) in [5.74, 6) is 0.200. The van der Waals surface area contributed by atoms with Crippen molar-refractivity contribution in [3.63, 3.8) is 0 Å². The average molecular weight is 363 g/mol. The van der Waals surface area contributed by atoms with Crippen LogP contribution < -0.4 is 10.1 Å². The second-order valence-corrected chi connectivity index (χ2v) is 7.46. The van der Waals surface area contributed by atoms with Crippen molar-refractivity contribution in [3.05, 3.63) is 59.9 Å². The monoisotopic (exact) mass is 363 g/mol. The van der Waals surface area contributed by atoms with Crippen LogP contribution in [0.2, 0.25) is 0 Å². The van der Waals surface area contributed by atoms with Gasteiger partial charge in [0.05, 0.1) is 19.9 Å². The largest absolute Gasteiger partial charge is 0.496 e. The molecule has 25 heavy (non-hydrogen) atoms. The maximum atomic E-state index is 12.2. The van der Waals surface area contributed by atoms with Gasteiger partial charge in [-0.25, -0.2) is 8.42 Å². The van der Waals surface area contributed by atoms with E-state index >= 15 is 0 Å². The number of amides is 1. The van der Waals surface area contributed by atoms with Gasteiger partial charge in [0.25, 0.3) is 0 Å². The number of sulfonamides is 1. The Morgan fingerprint density at radius 1 is 1.20 bits per heavy atom. The predicted molar refractivity (Wildman–Crippen MR) is 94.3 cm³/mol. The third kappa shape index (κ3) is 5.84. The molecule has 1 amide bonds. The Hall–Kier alpha value is -2.45. The van der Waals surface area contributed by atoms with Gasteiger partial charge in [-0.1, -0.05) is 18.2 Å². The molecule has 0 radical (unpaired) electrons. The number of aromatic nitrogens is 1. The van der Waals surface area contributed by atoms with Crippen molar-refractivity contribution in [1.29, 1.82) is 0 Å². The van der Waals surface area contributed by atoms with E-state index in [1.807, 2.05) is 0 Å². The molecule has 8 heteroatoms. The number of nitrogens with one attached hydrogen (secondary N) is 1. The van der Waals surface area contributed by atoms with Gasteiger partial charge in [0.1, 0.15) is 5.75 Å². The molecule has 1 aromatic heterocycles. The Bertz CT molecular complexity index is 810. The van der Waals surface area contributed by atoms with Crippen LogP contribution in [0.3, 0.4) is 0 Å². The maximum absolute atomic E-state index is 12.2. The first kappa shape index (κ1) is 18.9. The SMILES string of the molecule is COc1ccccc1CN(CC(=O)NCc1ccncc1)S(C)(=O)=O. The second kappa shape index (κ2) is 8.59. The van der Waals surface area contributed by atoms with Crippen molar-refractivity contribution in [2.24, 2.45) is 0 Å². The van der Waals surface area contributed by atoms with Gasteiger partial charge in [-0.05, 0) is 23.8 Å². The van der Waals surface area contributed by atoms with Crippen molar-refractivity contribution >= 4 is 15.9 Å². The third-order valence-corrected chi connectivity index (χ3v) is 4.76. The summed E-state index contributed by atoms with van der Waals surface area (Å²) in [6.07, 6.45) is 4.34. The molecule has 1 heterocycles. The molecule has 1 aromatic carbocycles. The number of rotatable bonds is 8. The molecule has 0 fully saturated rings. The molecule has 0 aliphatic carbocycles. The second-order valence-electron chi connectivity index (χ2n) is 5.48. The summed E-state index contributed by atoms with van der Waals surface area (Å²) in [4.78, 5) is 16.1. The topological polar surface area (TPSA) is 88.6 Å². The number of pyridine rings is 1. The van der Waals surface area contributed by atoms with E-state index in [-0.39, 0.29) is 19.0 Å². The zero-order valence-electron chi connectivity index (χ0n) is 14.2. The fraction of sp³-hybridized carbons (Fsp3) is 0.294. The number of hydrogen-bond donors (Lipinski definition) is 1. The highest BCUT2D eigenvalue weighted by Gasteiger charge is 2.21. The smallest absolute Gasteiger partial charge is 0.235 e. The third-order valence-electron chi connectivity index (χ3n) is 3.57. The molecule has 134 valence electrons. The van der Waals surface area contributed by atoms with Crippen LogP contribution in [0.4, 0.5) is 0 Å². The van der Waals surface area contributed by atoms with E-state index in [1.165, 1.54) is 7.11 Å². The number of carbonyl (C=O) groups excluding carboxylic acids is 1. The van der Waals surface area contributed by atoms with Gasteiger partial charge < -0.3 is 10.1 Å². The molecular formula is C17H21N3O4S. The lowest BCUT2D eigenvalue weighted by atomic mass is 10.2. The average Bonchev–Trinajstić information content (AvgIpc) is 2.60. The maximum Gasteiger partial charge on any atom is 0.235 e. The molecular weight excluding hydrogens is 342 g/mol. The minimum absolute atomic E-state index is 0.0610. The van der Waals surface area contributed by atoms with Crippen LogP contribution in [0.5, 0.6) is 5.75 Å². The van der Waals surface area contributed by atoms with Gasteiger partial charge in [0.15, 0.2) is 0 Å². The van der Waals surface area contributed by atoms with E-state index in [4.69, 9.17) is 4.74 Å². The van der Waals surface area contributed by atoms with E-state index in [0.29, 0.717) is 17.9 Å². The van der Waals surface area contributed by atoms with E-state index in [1.54, 1.807) is 48.8 Å². The van der Waals surface area contributed by atoms with Gasteiger partial charge in [0, 0.05) is 31.0 Å². The lowest BCUT2D eigenvalue weighted by Crippen LogP contribution is -2.39. The number of hydrogen-bond acceptors (Lipinski definition) is 5. The highest BCUT2D eigenvalue weighted by Crippen LogP contribution is 2.20. The summed E-state index contributed by atoms with van der Waals surface area (Å²) in [5, 5.41) is 2.71. The van der Waals surface area contributed by atoms with Gasteiger partial charge >= 0.3 is 0 Å². The zero-order chi connectivity index (χ0) is 18.3. The summed E-state index contributed by atoms with van der Waals surface area (Å²) in [6, 6.07) is 10.7. The van der Waals surface area contributed by atoms with Crippen LogP contribution >= 0.6 is 0 Å². The quantitative estimate of drug-likeness (QED) is 0.760. The first-order valence-corrected chi connectivity index (χ1v) is 9.47. The molecule has 2 rings (SSSR count). The first-order chi connectivity index (χ1) is 11.9. The molecule has 0 spiro atoms. The van der Waals surface area contributed by atoms with Crippen LogP contribution in [0.1, 0.15) is 11.1 Å². The summed E-state index contributed by atoms with van der Waals surface area (Å²) in [6.45, 7) is 0.112. The number of carbonyl (C=O) groups is 1. The lowest BCUT2D eigenvalue weighted by molar-refractivity contribution is -0.121. The molecule has 0 unspecified atom stereocenters. The molecule has 2 aromatic rings. The molecule has 0 saturated carbocycles. The highest BCUT2D eigenvalue weighted by molar-refractivity contribution is 7.88. The van der Waals surface area contributed by atoms with Gasteiger partial charge in [-0.15, -0.1) is 0 Å². The van der Waals surface area contributed by atoms with Crippen LogP contribution in [0, 0.1) is 0 Å². The van der Waals surface area contributed by atoms with Crippen LogP contribution in [-0.4, -0.2) is 43.5 Å². The molecule has 0 saturated heterocycles. The fourth-order valence-electron chi connectivity index (χ4n) is 2.23. The van der Waals surface area contributed by atoms with Gasteiger partial charge in [0.2, 0.25) is 15.9 Å². The molecule has 0 aliphatic rings. The van der Waals surface area contributed by atoms with E-state index in [0.717, 1.165) is 16.1 Å². The standard InChI is InChI=1S/C17H21N3O4S/c1-24-16-6-4-3-5-15(16)12-20(25(2,22)23)13-17(21)19-11-14-7-9-18-10-8-14/h3-10H,11-13H2,1-2H3,(H,19,21). The van der Waals surface area contributed by atoms with Crippen molar-refractivity contribution in [3.8, 4) is 5.75 Å². The summed E-state index contributed by atoms with van der Waals surface area (Å²) < 4.78 is 30.4. The normalized spacial score (nSPS) is 11.3. The van der Waals surface area contributed by atoms with E-state index < -0.39 is 10.0 Å². The number of methoxy groups -OCH3 is 1. The van der Waals surface area contributed by atoms with Crippen LogP contribution in [-0.2, 0) is 27.9 Å². The first-order valence-electron chi connectivity index (χ1n) is 7.63. The molecule has 0 aliphatic heterocycles. The Morgan fingerprint density at radius 2 is 1.88 bits per heavy atom. The predicted octanol–water partition coefficient (Wildman–Crippen LogP) is 1.17. The highest BCUT2D eigenvalue weighted by atomic mass is 32.2. The van der Waals surface area contributed by atoms with Crippen molar-refractivity contribution < 1.29 is 17.9 Å². The van der Waals surface area contributed by atoms with E-state index in [2.05, 4.69) is 10.3 Å². The van der Waals surface area contributed by atoms with Crippen molar-refractivity contribution in [1.82, 2.24) is 14.6 Å². The number of benzene rings is 1. The summed E-state index contributed by atoms with van der Waals surface area (Å²) >= 11 is 0. The summed E-state index contributed by atoms with van der Waals surface area (Å²) in [7, 11) is -2.04. The zero-order valence-corrected chi connectivity index (χ0v) is 15.0. The number of para-hydroxylation sites is 1. The Morgan fingerprint density at radius 3 is 2.52 bits per heavy atom. The van der Waals surface area contributed by atoms with Crippen molar-refractivity contribution in [2.45, 2.75) is 13.1 Å². The van der Waals surface area contributed by atoms with E-state index in [9.17, 15) is 13.2 Å². The van der Waals surface area contributed by atoms with Gasteiger partial charge in [-0.3, -0.25) is 9.78 Å². The van der Waals surface area contributed by atoms with Crippen molar-refractivity contribution in [2.75, 3.05) is 19.9 Å². The minimum atomic E-state index is -3.56. The molecule has 0 bridgehead atoms.